The van der Waals surface area contributed by atoms with Crippen LogP contribution in [-0.2, 0) is 9.53 Å². The normalized spacial score (nSPS) is 20.6. The van der Waals surface area contributed by atoms with Crippen molar-refractivity contribution in [3.63, 3.8) is 0 Å². The highest BCUT2D eigenvalue weighted by Crippen LogP contribution is 2.47. The fourth-order valence-electron chi connectivity index (χ4n) is 12.4. The molecule has 0 bridgehead atoms. The third-order valence-electron chi connectivity index (χ3n) is 16.9. The lowest BCUT2D eigenvalue weighted by molar-refractivity contribution is -0.138. The number of aliphatic imine (C=N–C) groups is 1. The molecule has 86 heavy (non-hydrogen) atoms. The molecular weight excluding hydrogens is 1170 g/mol. The third kappa shape index (κ3) is 13.8. The number of rotatable bonds is 15. The van der Waals surface area contributed by atoms with Crippen LogP contribution in [0.25, 0.3) is 0 Å². The van der Waals surface area contributed by atoms with Crippen molar-refractivity contribution in [2.75, 3.05) is 96.6 Å². The van der Waals surface area contributed by atoms with Gasteiger partial charge in [0, 0.05) is 96.7 Å². The average molecular weight is 1240 g/mol. The Hall–Kier alpha value is -6.87. The first-order chi connectivity index (χ1) is 41.7. The van der Waals surface area contributed by atoms with E-state index in [2.05, 4.69) is 20.1 Å². The molecule has 4 atom stereocenters. The van der Waals surface area contributed by atoms with Crippen molar-refractivity contribution in [2.45, 2.75) is 98.7 Å². The van der Waals surface area contributed by atoms with Crippen LogP contribution in [0.3, 0.4) is 0 Å². The standard InChI is InChI=1S/C65H73Cl2N9O8S2/c1-41(2)84-55-37-51(81-4)24-25-52(55)61-69-59(43-10-16-46(66)17-11-43)60(44-12-18-47(67)19-13-44)76(61)65(80)74-30-31-75(57(77)40-74)50-9-7-6-8-48(22-23-50)71-26-28-72(29-27-71)49-20-14-45(15-21-49)62(78)70-64-68-39-58(86-64)85-56-38-53(54(82-5)36-42(56)3)63(79)73-32-34-83-35-33-73/h10-21,24-25,36-39,41,48,50,59-60H,6-9,22-23,26-35,40H2,1-5H3,(H,68,70,78)/t48?,50?,59-,60+/m0/s1. The van der Waals surface area contributed by atoms with Gasteiger partial charge in [0.25, 0.3) is 11.8 Å². The number of carbonyl (C=O) groups excluding carboxylic acids is 4. The van der Waals surface area contributed by atoms with Crippen molar-refractivity contribution in [3.05, 3.63) is 153 Å². The van der Waals surface area contributed by atoms with Gasteiger partial charge in [0.05, 0.1) is 61.1 Å². The molecule has 0 spiro atoms. The number of halogens is 2. The van der Waals surface area contributed by atoms with E-state index >= 15 is 4.79 Å². The van der Waals surface area contributed by atoms with E-state index in [-0.39, 0.29) is 42.4 Å². The molecule has 1 aliphatic carbocycles. The lowest BCUT2D eigenvalue weighted by Gasteiger charge is -2.44. The van der Waals surface area contributed by atoms with Gasteiger partial charge in [-0.1, -0.05) is 83.4 Å². The van der Waals surface area contributed by atoms with E-state index < -0.39 is 12.1 Å². The number of benzene rings is 5. The quantitative estimate of drug-likeness (QED) is 0.104. The fraction of sp³-hybridized carbons (Fsp3) is 0.415. The molecule has 11 rings (SSSR count). The second-order valence-electron chi connectivity index (χ2n) is 22.6. The number of urea groups is 1. The number of carbonyl (C=O) groups is 4. The number of morpholine rings is 1. The first-order valence-electron chi connectivity index (χ1n) is 29.6. The Balaban J connectivity index is 0.698. The summed E-state index contributed by atoms with van der Waals surface area (Å²) in [5.41, 5.74) is 5.43. The van der Waals surface area contributed by atoms with Gasteiger partial charge in [-0.3, -0.25) is 34.5 Å². The van der Waals surface area contributed by atoms with E-state index in [4.69, 9.17) is 47.1 Å². The molecule has 1 aromatic heterocycles. The SMILES string of the molecule is COc1ccc(C2=N[C@@H](c3ccc(Cl)cc3)[C@@H](c3ccc(Cl)cc3)N2C(=O)N2CCN(C3CCCCC(N4CCN(c5ccc(C(=O)Nc6ncc(Sc7cc(C(=O)N8CCOCC8)c(OC)cc7C)s6)cc5)CC4)CC3)C(=O)C2)c(OC(C)C)c1. The van der Waals surface area contributed by atoms with Gasteiger partial charge in [-0.05, 0) is 136 Å². The van der Waals surface area contributed by atoms with E-state index in [1.807, 2.05) is 129 Å². The third-order valence-corrected chi connectivity index (χ3v) is 19.6. The maximum absolute atomic E-state index is 15.4. The topological polar surface area (TPSA) is 162 Å². The number of hydrogen-bond acceptors (Lipinski definition) is 14. The predicted octanol–water partition coefficient (Wildman–Crippen LogP) is 12.2. The summed E-state index contributed by atoms with van der Waals surface area (Å²) >= 11 is 15.8. The van der Waals surface area contributed by atoms with E-state index in [1.54, 1.807) is 35.1 Å². The summed E-state index contributed by atoms with van der Waals surface area (Å²) in [5, 5.41) is 4.63. The van der Waals surface area contributed by atoms with E-state index in [0.717, 1.165) is 96.2 Å². The minimum atomic E-state index is -0.591. The average Bonchev–Trinajstić information content (AvgIpc) is 1.78. The van der Waals surface area contributed by atoms with Crippen molar-refractivity contribution < 1.29 is 38.1 Å². The largest absolute Gasteiger partial charge is 0.497 e. The number of nitrogens with one attached hydrogen (secondary N) is 1. The van der Waals surface area contributed by atoms with Gasteiger partial charge in [0.2, 0.25) is 5.91 Å². The summed E-state index contributed by atoms with van der Waals surface area (Å²) in [5.74, 6) is 1.73. The lowest BCUT2D eigenvalue weighted by atomic mass is 9.91. The van der Waals surface area contributed by atoms with Gasteiger partial charge in [-0.15, -0.1) is 0 Å². The summed E-state index contributed by atoms with van der Waals surface area (Å²) in [7, 11) is 3.18. The summed E-state index contributed by atoms with van der Waals surface area (Å²) in [6, 6.07) is 31.2. The first-order valence-corrected chi connectivity index (χ1v) is 32.0. The zero-order valence-electron chi connectivity index (χ0n) is 49.2. The minimum Gasteiger partial charge on any atom is -0.497 e. The molecule has 1 N–H and O–H groups in total. The number of aryl methyl sites for hydroxylation is 1. The molecule has 1 saturated carbocycles. The molecule has 3 saturated heterocycles. The van der Waals surface area contributed by atoms with Crippen molar-refractivity contribution in [2.24, 2.45) is 4.99 Å². The van der Waals surface area contributed by atoms with Gasteiger partial charge < -0.3 is 38.5 Å². The highest BCUT2D eigenvalue weighted by atomic mass is 35.5. The Morgan fingerprint density at radius 2 is 1.43 bits per heavy atom. The van der Waals surface area contributed by atoms with Crippen LogP contribution in [0.1, 0.15) is 107 Å². The van der Waals surface area contributed by atoms with Crippen LogP contribution < -0.4 is 24.4 Å². The number of anilines is 2. The molecule has 0 radical (unpaired) electrons. The Labute approximate surface area is 521 Å². The molecule has 5 aromatic carbocycles. The Kier molecular flexibility index (Phi) is 19.4. The smallest absolute Gasteiger partial charge is 0.326 e. The Bertz CT molecular complexity index is 3430. The molecule has 5 heterocycles. The fourth-order valence-corrected chi connectivity index (χ4v) is 14.6. The van der Waals surface area contributed by atoms with Crippen LogP contribution in [0.15, 0.2) is 123 Å². The number of piperazine rings is 2. The van der Waals surface area contributed by atoms with Crippen molar-refractivity contribution >= 4 is 86.7 Å². The Morgan fingerprint density at radius 1 is 0.744 bits per heavy atom. The van der Waals surface area contributed by atoms with Gasteiger partial charge in [0.1, 0.15) is 35.7 Å². The number of hydrogen-bond donors (Lipinski definition) is 1. The number of thiazole rings is 1. The molecule has 4 fully saturated rings. The van der Waals surface area contributed by atoms with Crippen LogP contribution in [0.4, 0.5) is 15.6 Å². The van der Waals surface area contributed by atoms with Crippen LogP contribution in [0.2, 0.25) is 10.0 Å². The number of methoxy groups -OCH3 is 2. The second kappa shape index (κ2) is 27.4. The molecule has 6 aromatic rings. The van der Waals surface area contributed by atoms with Gasteiger partial charge in [-0.25, -0.2) is 9.78 Å². The number of aromatic nitrogens is 1. The number of amides is 5. The molecule has 21 heteroatoms. The maximum Gasteiger partial charge on any atom is 0.326 e. The van der Waals surface area contributed by atoms with E-state index in [0.29, 0.717) is 100 Å². The predicted molar refractivity (Wildman–Crippen MR) is 338 cm³/mol. The van der Waals surface area contributed by atoms with Crippen LogP contribution in [0.5, 0.6) is 17.2 Å². The molecule has 5 aliphatic rings. The summed E-state index contributed by atoms with van der Waals surface area (Å²) in [6.45, 7) is 12.3. The molecule has 17 nitrogen and oxygen atoms in total. The number of nitrogens with zero attached hydrogens (tertiary/aromatic N) is 8. The molecule has 5 amide bonds. The van der Waals surface area contributed by atoms with E-state index in [9.17, 15) is 14.4 Å². The van der Waals surface area contributed by atoms with Gasteiger partial charge in [0.15, 0.2) is 5.13 Å². The summed E-state index contributed by atoms with van der Waals surface area (Å²) in [4.78, 5) is 80.0. The second-order valence-corrected chi connectivity index (χ2v) is 25.9. The highest BCUT2D eigenvalue weighted by Gasteiger charge is 2.46. The molecule has 452 valence electrons. The highest BCUT2D eigenvalue weighted by molar-refractivity contribution is 8.01. The number of amidine groups is 1. The Morgan fingerprint density at radius 3 is 2.10 bits per heavy atom. The van der Waals surface area contributed by atoms with E-state index in [1.165, 1.54) is 23.1 Å². The summed E-state index contributed by atoms with van der Waals surface area (Å²) in [6.07, 6.45) is 7.62. The monoisotopic (exact) mass is 1240 g/mol. The van der Waals surface area contributed by atoms with Gasteiger partial charge in [-0.2, -0.15) is 0 Å². The molecular formula is C65H73Cl2N9O8S2. The minimum absolute atomic E-state index is 0.0475. The zero-order valence-corrected chi connectivity index (χ0v) is 52.4. The lowest BCUT2D eigenvalue weighted by Crippen LogP contribution is -2.58. The van der Waals surface area contributed by atoms with Crippen LogP contribution >= 0.6 is 46.3 Å². The zero-order chi connectivity index (χ0) is 60.0. The molecule has 4 aliphatic heterocycles. The van der Waals surface area contributed by atoms with Crippen molar-refractivity contribution in [1.29, 1.82) is 0 Å². The maximum atomic E-state index is 15.4. The first kappa shape index (κ1) is 60.8. The van der Waals surface area contributed by atoms with Crippen LogP contribution in [-0.4, -0.2) is 164 Å². The van der Waals surface area contributed by atoms with Gasteiger partial charge >= 0.3 is 6.03 Å². The number of ether oxygens (including phenoxy) is 4. The van der Waals surface area contributed by atoms with Crippen molar-refractivity contribution in [1.82, 2.24) is 29.5 Å². The van der Waals surface area contributed by atoms with Crippen LogP contribution in [0, 0.1) is 6.92 Å². The van der Waals surface area contributed by atoms with Crippen molar-refractivity contribution in [3.8, 4) is 17.2 Å². The molecule has 2 unspecified atom stereocenters. The summed E-state index contributed by atoms with van der Waals surface area (Å²) < 4.78 is 24.0.